The van der Waals surface area contributed by atoms with Gasteiger partial charge < -0.3 is 10.8 Å². The van der Waals surface area contributed by atoms with Gasteiger partial charge in [0.25, 0.3) is 0 Å². The number of nitrogens with zero attached hydrogens (tertiary/aromatic N) is 1. The van der Waals surface area contributed by atoms with Crippen molar-refractivity contribution in [2.24, 2.45) is 5.73 Å². The third-order valence-electron chi connectivity index (χ3n) is 1.53. The first-order valence-electron chi connectivity index (χ1n) is 3.62. The Balaban J connectivity index is 2.61. The molecule has 60 valence electrons. The van der Waals surface area contributed by atoms with Crippen molar-refractivity contribution in [1.82, 2.24) is 4.98 Å². The Kier molecular flexibility index (Phi) is 3.01. The molecule has 1 atom stereocenters. The number of nitrogens with two attached hydrogens (primary N) is 1. The summed E-state index contributed by atoms with van der Waals surface area (Å²) in [6.07, 6.45) is 3.48. The predicted molar refractivity (Wildman–Crippen MR) is 42.9 cm³/mol. The number of hydrogen-bond donors (Lipinski definition) is 2. The summed E-state index contributed by atoms with van der Waals surface area (Å²) >= 11 is 0. The van der Waals surface area contributed by atoms with Crippen LogP contribution in [0.2, 0.25) is 0 Å². The molecule has 0 saturated heterocycles. The lowest BCUT2D eigenvalue weighted by molar-refractivity contribution is 0.170. The Morgan fingerprint density at radius 1 is 1.45 bits per heavy atom. The largest absolute Gasteiger partial charge is 0.388 e. The Labute approximate surface area is 65.9 Å². The molecule has 3 heteroatoms. The van der Waals surface area contributed by atoms with Gasteiger partial charge in [-0.25, -0.2) is 0 Å². The summed E-state index contributed by atoms with van der Waals surface area (Å²) in [6, 6.07) is 3.58. The lowest BCUT2D eigenvalue weighted by Crippen LogP contribution is -2.06. The molecule has 0 aliphatic heterocycles. The molecule has 1 aromatic rings. The van der Waals surface area contributed by atoms with Crippen LogP contribution in [0.3, 0.4) is 0 Å². The molecule has 0 amide bonds. The number of rotatable bonds is 3. The molecular weight excluding hydrogens is 140 g/mol. The zero-order valence-electron chi connectivity index (χ0n) is 6.27. The van der Waals surface area contributed by atoms with Crippen molar-refractivity contribution >= 4 is 0 Å². The van der Waals surface area contributed by atoms with Crippen LogP contribution >= 0.6 is 0 Å². The van der Waals surface area contributed by atoms with Crippen LogP contribution in [-0.4, -0.2) is 16.6 Å². The van der Waals surface area contributed by atoms with Gasteiger partial charge in [-0.05, 0) is 30.7 Å². The number of pyridine rings is 1. The predicted octanol–water partition coefficient (Wildman–Crippen LogP) is 0.464. The molecule has 1 rings (SSSR count). The summed E-state index contributed by atoms with van der Waals surface area (Å²) in [6.45, 7) is 0.503. The molecule has 0 bridgehead atoms. The maximum Gasteiger partial charge on any atom is 0.0803 e. The summed E-state index contributed by atoms with van der Waals surface area (Å²) in [5.74, 6) is 0. The van der Waals surface area contributed by atoms with Crippen molar-refractivity contribution in [1.29, 1.82) is 0 Å². The number of aliphatic hydroxyl groups is 1. The Hall–Kier alpha value is -0.930. The Morgan fingerprint density at radius 2 is 2.09 bits per heavy atom. The summed E-state index contributed by atoms with van der Waals surface area (Å²) in [4.78, 5) is 3.85. The molecule has 1 aromatic heterocycles. The highest BCUT2D eigenvalue weighted by atomic mass is 16.3. The highest BCUT2D eigenvalue weighted by Crippen LogP contribution is 2.13. The molecule has 1 unspecified atom stereocenters. The van der Waals surface area contributed by atoms with E-state index in [0.717, 1.165) is 5.56 Å². The minimum absolute atomic E-state index is 0.442. The zero-order chi connectivity index (χ0) is 8.10. The third-order valence-corrected chi connectivity index (χ3v) is 1.53. The average Bonchev–Trinajstić information content (AvgIpc) is 2.07. The maximum absolute atomic E-state index is 9.41. The molecule has 3 N–H and O–H groups in total. The van der Waals surface area contributed by atoms with Crippen LogP contribution in [0, 0.1) is 0 Å². The summed E-state index contributed by atoms with van der Waals surface area (Å²) in [7, 11) is 0. The monoisotopic (exact) mass is 152 g/mol. The molecule has 0 spiro atoms. The van der Waals surface area contributed by atoms with Gasteiger partial charge >= 0.3 is 0 Å². The molecular formula is C8H12N2O. The van der Waals surface area contributed by atoms with Gasteiger partial charge in [-0.15, -0.1) is 0 Å². The van der Waals surface area contributed by atoms with E-state index in [1.54, 1.807) is 24.5 Å². The second-order valence-electron chi connectivity index (χ2n) is 2.37. The van der Waals surface area contributed by atoms with E-state index in [0.29, 0.717) is 13.0 Å². The van der Waals surface area contributed by atoms with E-state index in [1.165, 1.54) is 0 Å². The fourth-order valence-corrected chi connectivity index (χ4v) is 0.910. The van der Waals surface area contributed by atoms with Crippen molar-refractivity contribution in [3.05, 3.63) is 30.1 Å². The van der Waals surface area contributed by atoms with Gasteiger partial charge in [0, 0.05) is 12.4 Å². The van der Waals surface area contributed by atoms with E-state index in [-0.39, 0.29) is 0 Å². The lowest BCUT2D eigenvalue weighted by Gasteiger charge is -2.07. The fourth-order valence-electron chi connectivity index (χ4n) is 0.910. The summed E-state index contributed by atoms with van der Waals surface area (Å²) < 4.78 is 0. The molecule has 11 heavy (non-hydrogen) atoms. The number of aliphatic hydroxyl groups excluding tert-OH is 1. The Bertz CT molecular complexity index is 201. The van der Waals surface area contributed by atoms with E-state index in [1.807, 2.05) is 0 Å². The van der Waals surface area contributed by atoms with Crippen molar-refractivity contribution in [3.63, 3.8) is 0 Å². The molecule has 0 radical (unpaired) electrons. The van der Waals surface area contributed by atoms with Crippen LogP contribution in [-0.2, 0) is 0 Å². The van der Waals surface area contributed by atoms with Crippen molar-refractivity contribution in [3.8, 4) is 0 Å². The first-order valence-corrected chi connectivity index (χ1v) is 3.62. The Morgan fingerprint density at radius 3 is 2.64 bits per heavy atom. The SMILES string of the molecule is NCCC(O)c1ccncc1. The highest BCUT2D eigenvalue weighted by molar-refractivity contribution is 5.12. The van der Waals surface area contributed by atoms with Crippen LogP contribution in [0.4, 0.5) is 0 Å². The molecule has 0 aromatic carbocycles. The first kappa shape index (κ1) is 8.17. The average molecular weight is 152 g/mol. The van der Waals surface area contributed by atoms with Gasteiger partial charge in [-0.3, -0.25) is 4.98 Å². The number of hydrogen-bond acceptors (Lipinski definition) is 3. The minimum Gasteiger partial charge on any atom is -0.388 e. The van der Waals surface area contributed by atoms with Crippen LogP contribution in [0.15, 0.2) is 24.5 Å². The standard InChI is InChI=1S/C8H12N2O/c9-4-1-8(11)7-2-5-10-6-3-7/h2-3,5-6,8,11H,1,4,9H2. The van der Waals surface area contributed by atoms with Crippen LogP contribution in [0.1, 0.15) is 18.1 Å². The maximum atomic E-state index is 9.41. The lowest BCUT2D eigenvalue weighted by atomic mass is 10.1. The minimum atomic E-state index is -0.442. The second-order valence-corrected chi connectivity index (χ2v) is 2.37. The van der Waals surface area contributed by atoms with Gasteiger partial charge in [0.1, 0.15) is 0 Å². The normalized spacial score (nSPS) is 12.9. The second kappa shape index (κ2) is 4.05. The summed E-state index contributed by atoms with van der Waals surface area (Å²) in [5.41, 5.74) is 6.17. The molecule has 0 aliphatic rings. The summed E-state index contributed by atoms with van der Waals surface area (Å²) in [5, 5.41) is 9.41. The first-order chi connectivity index (χ1) is 5.34. The zero-order valence-corrected chi connectivity index (χ0v) is 6.27. The third kappa shape index (κ3) is 2.29. The van der Waals surface area contributed by atoms with Crippen molar-refractivity contribution < 1.29 is 5.11 Å². The van der Waals surface area contributed by atoms with Gasteiger partial charge in [-0.1, -0.05) is 0 Å². The highest BCUT2D eigenvalue weighted by Gasteiger charge is 2.03. The van der Waals surface area contributed by atoms with Crippen LogP contribution < -0.4 is 5.73 Å². The molecule has 0 saturated carbocycles. The van der Waals surface area contributed by atoms with Crippen molar-refractivity contribution in [2.75, 3.05) is 6.54 Å². The molecule has 3 nitrogen and oxygen atoms in total. The molecule has 1 heterocycles. The van der Waals surface area contributed by atoms with E-state index in [9.17, 15) is 5.11 Å². The smallest absolute Gasteiger partial charge is 0.0803 e. The fraction of sp³-hybridized carbons (Fsp3) is 0.375. The van der Waals surface area contributed by atoms with Gasteiger partial charge in [0.15, 0.2) is 0 Å². The molecule has 0 aliphatic carbocycles. The van der Waals surface area contributed by atoms with E-state index < -0.39 is 6.10 Å². The van der Waals surface area contributed by atoms with Crippen LogP contribution in [0.5, 0.6) is 0 Å². The van der Waals surface area contributed by atoms with E-state index in [2.05, 4.69) is 4.98 Å². The topological polar surface area (TPSA) is 59.1 Å². The van der Waals surface area contributed by atoms with E-state index in [4.69, 9.17) is 5.73 Å². The number of aromatic nitrogens is 1. The van der Waals surface area contributed by atoms with Crippen LogP contribution in [0.25, 0.3) is 0 Å². The van der Waals surface area contributed by atoms with Gasteiger partial charge in [0.2, 0.25) is 0 Å². The van der Waals surface area contributed by atoms with E-state index >= 15 is 0 Å². The quantitative estimate of drug-likeness (QED) is 0.661. The van der Waals surface area contributed by atoms with Gasteiger partial charge in [-0.2, -0.15) is 0 Å². The van der Waals surface area contributed by atoms with Gasteiger partial charge in [0.05, 0.1) is 6.10 Å². The van der Waals surface area contributed by atoms with Crippen molar-refractivity contribution in [2.45, 2.75) is 12.5 Å². The molecule has 0 fully saturated rings.